The minimum atomic E-state index is -2.96. The van der Waals surface area contributed by atoms with Crippen molar-refractivity contribution in [3.05, 3.63) is 41.9 Å². The first kappa shape index (κ1) is 20.1. The maximum absolute atomic E-state index is 12.5. The first-order valence-corrected chi connectivity index (χ1v) is 9.39. The van der Waals surface area contributed by atoms with Crippen molar-refractivity contribution in [3.8, 4) is 11.5 Å². The summed E-state index contributed by atoms with van der Waals surface area (Å²) < 4.78 is 40.4. The van der Waals surface area contributed by atoms with Gasteiger partial charge in [-0.25, -0.2) is 0 Å². The molecule has 152 valence electrons. The van der Waals surface area contributed by atoms with Gasteiger partial charge in [0.05, 0.1) is 13.2 Å². The molecule has 1 aromatic heterocycles. The smallest absolute Gasteiger partial charge is 0.387 e. The van der Waals surface area contributed by atoms with E-state index in [4.69, 9.17) is 9.15 Å². The molecule has 2 aromatic rings. The van der Waals surface area contributed by atoms with Gasteiger partial charge in [-0.2, -0.15) is 8.78 Å². The van der Waals surface area contributed by atoms with E-state index in [2.05, 4.69) is 15.0 Å². The van der Waals surface area contributed by atoms with Crippen LogP contribution in [0, 0.1) is 0 Å². The number of amides is 1. The summed E-state index contributed by atoms with van der Waals surface area (Å²) in [5.74, 6) is 0.554. The number of furan rings is 1. The Morgan fingerprint density at radius 1 is 1.18 bits per heavy atom. The van der Waals surface area contributed by atoms with Crippen molar-refractivity contribution in [2.24, 2.45) is 0 Å². The quantitative estimate of drug-likeness (QED) is 0.713. The monoisotopic (exact) mass is 394 g/mol. The molecule has 2 heterocycles. The predicted octanol–water partition coefficient (Wildman–Crippen LogP) is 4.52. The number of nitrogens with zero attached hydrogens (tertiary/aromatic N) is 1. The number of hydrogen-bond acceptors (Lipinski definition) is 5. The van der Waals surface area contributed by atoms with E-state index in [1.807, 2.05) is 0 Å². The Labute approximate surface area is 162 Å². The van der Waals surface area contributed by atoms with Crippen LogP contribution < -0.4 is 14.8 Å². The van der Waals surface area contributed by atoms with Crippen LogP contribution in [0.15, 0.2) is 34.7 Å². The topological polar surface area (TPSA) is 63.9 Å². The van der Waals surface area contributed by atoms with Crippen molar-refractivity contribution in [2.75, 3.05) is 25.0 Å². The number of hydrogen-bond donors (Lipinski definition) is 1. The van der Waals surface area contributed by atoms with Crippen LogP contribution in [0.4, 0.5) is 14.5 Å². The number of ether oxygens (including phenoxy) is 2. The fourth-order valence-electron chi connectivity index (χ4n) is 3.16. The highest BCUT2D eigenvalue weighted by Crippen LogP contribution is 2.32. The number of nitrogens with one attached hydrogen (secondary N) is 1. The van der Waals surface area contributed by atoms with Gasteiger partial charge in [-0.05, 0) is 57.1 Å². The molecule has 1 aliphatic rings. The zero-order chi connectivity index (χ0) is 19.9. The van der Waals surface area contributed by atoms with Gasteiger partial charge in [0.25, 0.3) is 5.91 Å². The van der Waals surface area contributed by atoms with Gasteiger partial charge >= 0.3 is 6.61 Å². The van der Waals surface area contributed by atoms with E-state index in [1.54, 1.807) is 19.1 Å². The summed E-state index contributed by atoms with van der Waals surface area (Å²) in [5, 5.41) is 2.69. The van der Waals surface area contributed by atoms with Crippen molar-refractivity contribution in [1.29, 1.82) is 0 Å². The number of benzene rings is 1. The molecule has 0 bridgehead atoms. The molecule has 0 spiro atoms. The van der Waals surface area contributed by atoms with Crippen LogP contribution in [0.1, 0.15) is 42.5 Å². The Morgan fingerprint density at radius 2 is 1.96 bits per heavy atom. The lowest BCUT2D eigenvalue weighted by Crippen LogP contribution is -2.28. The average Bonchev–Trinajstić information content (AvgIpc) is 3.13. The SMILES string of the molecule is CCOc1cc(NC(=O)c2ccc(CN3CCCCC3)o2)ccc1OC(F)F. The van der Waals surface area contributed by atoms with Gasteiger partial charge < -0.3 is 19.2 Å². The molecule has 1 saturated heterocycles. The lowest BCUT2D eigenvalue weighted by Gasteiger charge is -2.25. The third-order valence-electron chi connectivity index (χ3n) is 4.43. The molecular weight excluding hydrogens is 370 g/mol. The first-order chi connectivity index (χ1) is 13.5. The number of likely N-dealkylation sites (tertiary alicyclic amines) is 1. The summed E-state index contributed by atoms with van der Waals surface area (Å²) in [5.41, 5.74) is 0.393. The molecule has 28 heavy (non-hydrogen) atoms. The van der Waals surface area contributed by atoms with E-state index < -0.39 is 12.5 Å². The molecule has 0 saturated carbocycles. The van der Waals surface area contributed by atoms with E-state index in [0.717, 1.165) is 18.8 Å². The minimum absolute atomic E-state index is 0.0864. The van der Waals surface area contributed by atoms with Crippen LogP contribution in [0.5, 0.6) is 11.5 Å². The summed E-state index contributed by atoms with van der Waals surface area (Å²) in [4.78, 5) is 14.7. The van der Waals surface area contributed by atoms with Gasteiger partial charge in [-0.15, -0.1) is 0 Å². The average molecular weight is 394 g/mol. The second-order valence-corrected chi connectivity index (χ2v) is 6.53. The number of rotatable bonds is 8. The minimum Gasteiger partial charge on any atom is -0.490 e. The van der Waals surface area contributed by atoms with Gasteiger partial charge in [0.2, 0.25) is 0 Å². The van der Waals surface area contributed by atoms with Crippen LogP contribution >= 0.6 is 0 Å². The first-order valence-electron chi connectivity index (χ1n) is 9.39. The third-order valence-corrected chi connectivity index (χ3v) is 4.43. The van der Waals surface area contributed by atoms with Crippen LogP contribution in [0.3, 0.4) is 0 Å². The standard InChI is InChI=1S/C20H24F2N2O4/c1-2-26-18-12-14(6-8-16(18)28-20(21)22)23-19(25)17-9-7-15(27-17)13-24-10-4-3-5-11-24/h6-9,12,20H,2-5,10-11,13H2,1H3,(H,23,25). The molecule has 0 atom stereocenters. The fraction of sp³-hybridized carbons (Fsp3) is 0.450. The molecule has 1 amide bonds. The Kier molecular flexibility index (Phi) is 6.86. The lowest BCUT2D eigenvalue weighted by atomic mass is 10.1. The molecule has 3 rings (SSSR count). The highest BCUT2D eigenvalue weighted by atomic mass is 19.3. The fourth-order valence-corrected chi connectivity index (χ4v) is 3.16. The number of anilines is 1. The molecule has 1 aliphatic heterocycles. The number of alkyl halides is 2. The van der Waals surface area contributed by atoms with Gasteiger partial charge in [0.1, 0.15) is 5.76 Å². The lowest BCUT2D eigenvalue weighted by molar-refractivity contribution is -0.0514. The van der Waals surface area contributed by atoms with E-state index in [-0.39, 0.29) is 23.9 Å². The summed E-state index contributed by atoms with van der Waals surface area (Å²) >= 11 is 0. The van der Waals surface area contributed by atoms with Crippen LogP contribution in [-0.4, -0.2) is 37.1 Å². The van der Waals surface area contributed by atoms with E-state index in [0.29, 0.717) is 12.2 Å². The van der Waals surface area contributed by atoms with Crippen molar-refractivity contribution in [3.63, 3.8) is 0 Å². The Balaban J connectivity index is 1.64. The van der Waals surface area contributed by atoms with Crippen LogP contribution in [0.25, 0.3) is 0 Å². The molecule has 1 N–H and O–H groups in total. The molecule has 0 radical (unpaired) electrons. The van der Waals surface area contributed by atoms with Gasteiger partial charge in [-0.1, -0.05) is 6.42 Å². The van der Waals surface area contributed by atoms with Crippen molar-refractivity contribution >= 4 is 11.6 Å². The third kappa shape index (κ3) is 5.45. The second kappa shape index (κ2) is 9.54. The van der Waals surface area contributed by atoms with E-state index in [9.17, 15) is 13.6 Å². The summed E-state index contributed by atoms with van der Waals surface area (Å²) in [6.45, 7) is 1.80. The maximum Gasteiger partial charge on any atom is 0.387 e. The predicted molar refractivity (Wildman–Crippen MR) is 100 cm³/mol. The summed E-state index contributed by atoms with van der Waals surface area (Å²) in [6, 6.07) is 7.67. The highest BCUT2D eigenvalue weighted by molar-refractivity contribution is 6.02. The van der Waals surface area contributed by atoms with Gasteiger partial charge in [0, 0.05) is 11.8 Å². The molecule has 0 aliphatic carbocycles. The van der Waals surface area contributed by atoms with Gasteiger partial charge in [0.15, 0.2) is 17.3 Å². The van der Waals surface area contributed by atoms with Crippen molar-refractivity contribution in [1.82, 2.24) is 4.90 Å². The number of carbonyl (C=O) groups excluding carboxylic acids is 1. The molecule has 1 fully saturated rings. The summed E-state index contributed by atoms with van der Waals surface area (Å²) in [6.07, 6.45) is 3.62. The summed E-state index contributed by atoms with van der Waals surface area (Å²) in [7, 11) is 0. The normalized spacial score (nSPS) is 14.9. The zero-order valence-corrected chi connectivity index (χ0v) is 15.7. The molecule has 8 heteroatoms. The van der Waals surface area contributed by atoms with E-state index >= 15 is 0 Å². The molecule has 0 unspecified atom stereocenters. The van der Waals surface area contributed by atoms with Crippen molar-refractivity contribution in [2.45, 2.75) is 39.3 Å². The van der Waals surface area contributed by atoms with E-state index in [1.165, 1.54) is 37.5 Å². The maximum atomic E-state index is 12.5. The number of piperidine rings is 1. The Hall–Kier alpha value is -2.61. The van der Waals surface area contributed by atoms with Gasteiger partial charge in [-0.3, -0.25) is 9.69 Å². The van der Waals surface area contributed by atoms with Crippen LogP contribution in [-0.2, 0) is 6.54 Å². The Bertz CT molecular complexity index is 788. The largest absolute Gasteiger partial charge is 0.490 e. The molecule has 1 aromatic carbocycles. The molecular formula is C20H24F2N2O4. The highest BCUT2D eigenvalue weighted by Gasteiger charge is 2.17. The van der Waals surface area contributed by atoms with Crippen LogP contribution in [0.2, 0.25) is 0 Å². The second-order valence-electron chi connectivity index (χ2n) is 6.53. The Morgan fingerprint density at radius 3 is 2.68 bits per heavy atom. The van der Waals surface area contributed by atoms with Crippen molar-refractivity contribution < 1.29 is 27.5 Å². The molecule has 6 nitrogen and oxygen atoms in total. The number of carbonyl (C=O) groups is 1. The number of halogens is 2. The zero-order valence-electron chi connectivity index (χ0n) is 15.7.